The molecular weight excluding hydrogens is 241 g/mol. The summed E-state index contributed by atoms with van der Waals surface area (Å²) in [7, 11) is 1.65. The van der Waals surface area contributed by atoms with Gasteiger partial charge in [-0.3, -0.25) is 0 Å². The summed E-state index contributed by atoms with van der Waals surface area (Å²) in [6.07, 6.45) is 0.527. The van der Waals surface area contributed by atoms with Crippen molar-refractivity contribution in [3.05, 3.63) is 34.6 Å². The van der Waals surface area contributed by atoms with Crippen LogP contribution in [0.3, 0.4) is 0 Å². The first-order valence-corrected chi connectivity index (χ1v) is 6.17. The van der Waals surface area contributed by atoms with Crippen LogP contribution < -0.4 is 5.32 Å². The molecule has 0 aromatic heterocycles. The van der Waals surface area contributed by atoms with Crippen LogP contribution in [0.15, 0.2) is 18.2 Å². The molecule has 4 heteroatoms. The van der Waals surface area contributed by atoms with Gasteiger partial charge in [0.2, 0.25) is 0 Å². The molecule has 2 nitrogen and oxygen atoms in total. The van der Waals surface area contributed by atoms with Crippen molar-refractivity contribution in [3.63, 3.8) is 0 Å². The molecule has 0 aliphatic heterocycles. The van der Waals surface area contributed by atoms with Crippen LogP contribution in [-0.2, 0) is 11.2 Å². The highest BCUT2D eigenvalue weighted by atomic mass is 35.5. The Kier molecular flexibility index (Phi) is 5.89. The van der Waals surface area contributed by atoms with Crippen molar-refractivity contribution in [1.29, 1.82) is 0 Å². The lowest BCUT2D eigenvalue weighted by atomic mass is 10.0. The van der Waals surface area contributed by atoms with E-state index in [0.717, 1.165) is 6.54 Å². The van der Waals surface area contributed by atoms with Crippen LogP contribution in [0.2, 0.25) is 5.02 Å². The maximum absolute atomic E-state index is 13.7. The van der Waals surface area contributed by atoms with E-state index >= 15 is 0 Å². The van der Waals surface area contributed by atoms with Gasteiger partial charge in [0.15, 0.2) is 0 Å². The molecule has 1 aromatic rings. The fourth-order valence-corrected chi connectivity index (χ4v) is 2.02. The number of hydrogen-bond donors (Lipinski definition) is 1. The van der Waals surface area contributed by atoms with Crippen molar-refractivity contribution in [2.24, 2.45) is 0 Å². The third-order valence-corrected chi connectivity index (χ3v) is 3.24. The molecule has 0 bridgehead atoms. The molecule has 96 valence electrons. The SMILES string of the molecule is CCNC(Cc1c(F)cccc1Cl)C(C)OC. The zero-order chi connectivity index (χ0) is 12.8. The summed E-state index contributed by atoms with van der Waals surface area (Å²) in [4.78, 5) is 0. The van der Waals surface area contributed by atoms with E-state index in [-0.39, 0.29) is 18.0 Å². The second-order valence-corrected chi connectivity index (χ2v) is 4.42. The first kappa shape index (κ1) is 14.4. The highest BCUT2D eigenvalue weighted by Gasteiger charge is 2.19. The minimum atomic E-state index is -0.260. The molecule has 0 aliphatic rings. The Morgan fingerprint density at radius 2 is 2.18 bits per heavy atom. The average molecular weight is 260 g/mol. The van der Waals surface area contributed by atoms with Gasteiger partial charge < -0.3 is 10.1 Å². The van der Waals surface area contributed by atoms with E-state index < -0.39 is 0 Å². The molecule has 0 spiro atoms. The van der Waals surface area contributed by atoms with E-state index in [0.29, 0.717) is 17.0 Å². The Morgan fingerprint density at radius 1 is 1.47 bits per heavy atom. The summed E-state index contributed by atoms with van der Waals surface area (Å²) in [5, 5.41) is 3.75. The van der Waals surface area contributed by atoms with Gasteiger partial charge >= 0.3 is 0 Å². The van der Waals surface area contributed by atoms with Crippen molar-refractivity contribution in [3.8, 4) is 0 Å². The van der Waals surface area contributed by atoms with E-state index in [1.54, 1.807) is 19.2 Å². The number of rotatable bonds is 6. The van der Waals surface area contributed by atoms with Gasteiger partial charge in [-0.25, -0.2) is 4.39 Å². The van der Waals surface area contributed by atoms with Crippen LogP contribution in [0.25, 0.3) is 0 Å². The Hall–Kier alpha value is -0.640. The van der Waals surface area contributed by atoms with E-state index in [1.807, 2.05) is 13.8 Å². The molecule has 0 amide bonds. The molecule has 1 aromatic carbocycles. The maximum atomic E-state index is 13.7. The number of ether oxygens (including phenoxy) is 1. The summed E-state index contributed by atoms with van der Waals surface area (Å²) < 4.78 is 19.0. The molecule has 0 saturated heterocycles. The van der Waals surface area contributed by atoms with Gasteiger partial charge in [-0.05, 0) is 32.0 Å². The fourth-order valence-electron chi connectivity index (χ4n) is 1.78. The average Bonchev–Trinajstić information content (AvgIpc) is 2.31. The number of benzene rings is 1. The lowest BCUT2D eigenvalue weighted by Gasteiger charge is -2.24. The molecular formula is C13H19ClFNO. The molecule has 17 heavy (non-hydrogen) atoms. The van der Waals surface area contributed by atoms with E-state index in [9.17, 15) is 4.39 Å². The second-order valence-electron chi connectivity index (χ2n) is 4.01. The molecule has 2 unspecified atom stereocenters. The van der Waals surface area contributed by atoms with Crippen LogP contribution in [-0.4, -0.2) is 25.8 Å². The summed E-state index contributed by atoms with van der Waals surface area (Å²) in [6.45, 7) is 4.78. The van der Waals surface area contributed by atoms with E-state index in [4.69, 9.17) is 16.3 Å². The number of methoxy groups -OCH3 is 1. The predicted molar refractivity (Wildman–Crippen MR) is 69.0 cm³/mol. The zero-order valence-corrected chi connectivity index (χ0v) is 11.2. The highest BCUT2D eigenvalue weighted by Crippen LogP contribution is 2.21. The molecule has 0 radical (unpaired) electrons. The molecule has 0 saturated carbocycles. The molecule has 1 rings (SSSR count). The molecule has 0 aliphatic carbocycles. The summed E-state index contributed by atoms with van der Waals surface area (Å²) in [5.41, 5.74) is 0.545. The summed E-state index contributed by atoms with van der Waals surface area (Å²) in [5.74, 6) is -0.260. The standard InChI is InChI=1S/C13H19ClFNO/c1-4-16-13(9(2)17-3)8-10-11(14)6-5-7-12(10)15/h5-7,9,13,16H,4,8H2,1-3H3. The topological polar surface area (TPSA) is 21.3 Å². The largest absolute Gasteiger partial charge is 0.380 e. The van der Waals surface area contributed by atoms with Gasteiger partial charge in [-0.1, -0.05) is 24.6 Å². The minimum absolute atomic E-state index is 0.00521. The van der Waals surface area contributed by atoms with E-state index in [1.165, 1.54) is 6.07 Å². The number of hydrogen-bond acceptors (Lipinski definition) is 2. The highest BCUT2D eigenvalue weighted by molar-refractivity contribution is 6.31. The molecule has 1 N–H and O–H groups in total. The van der Waals surface area contributed by atoms with Crippen LogP contribution in [0, 0.1) is 5.82 Å². The van der Waals surface area contributed by atoms with Gasteiger partial charge in [0.1, 0.15) is 5.82 Å². The van der Waals surface area contributed by atoms with Crippen molar-refractivity contribution >= 4 is 11.6 Å². The normalized spacial score (nSPS) is 14.6. The van der Waals surface area contributed by atoms with Crippen molar-refractivity contribution in [2.75, 3.05) is 13.7 Å². The molecule has 0 fully saturated rings. The third kappa shape index (κ3) is 3.95. The third-order valence-electron chi connectivity index (χ3n) is 2.89. The van der Waals surface area contributed by atoms with Gasteiger partial charge in [-0.15, -0.1) is 0 Å². The Morgan fingerprint density at radius 3 is 2.71 bits per heavy atom. The Labute approximate surface area is 107 Å². The fraction of sp³-hybridized carbons (Fsp3) is 0.538. The lowest BCUT2D eigenvalue weighted by molar-refractivity contribution is 0.0834. The van der Waals surface area contributed by atoms with Gasteiger partial charge in [0, 0.05) is 23.7 Å². The first-order chi connectivity index (χ1) is 8.10. The quantitative estimate of drug-likeness (QED) is 0.848. The number of nitrogens with one attached hydrogen (secondary N) is 1. The van der Waals surface area contributed by atoms with Crippen LogP contribution in [0.1, 0.15) is 19.4 Å². The van der Waals surface area contributed by atoms with Gasteiger partial charge in [0.25, 0.3) is 0 Å². The molecule has 0 heterocycles. The smallest absolute Gasteiger partial charge is 0.127 e. The van der Waals surface area contributed by atoms with Crippen LogP contribution in [0.4, 0.5) is 4.39 Å². The van der Waals surface area contributed by atoms with Crippen molar-refractivity contribution < 1.29 is 9.13 Å². The lowest BCUT2D eigenvalue weighted by Crippen LogP contribution is -2.41. The number of halogens is 2. The minimum Gasteiger partial charge on any atom is -0.380 e. The zero-order valence-electron chi connectivity index (χ0n) is 10.5. The van der Waals surface area contributed by atoms with Crippen LogP contribution >= 0.6 is 11.6 Å². The Balaban J connectivity index is 2.85. The Bertz CT molecular complexity index is 339. The van der Waals surface area contributed by atoms with E-state index in [2.05, 4.69) is 5.32 Å². The van der Waals surface area contributed by atoms with Gasteiger partial charge in [0.05, 0.1) is 6.10 Å². The predicted octanol–water partition coefficient (Wildman–Crippen LogP) is 3.03. The summed E-state index contributed by atoms with van der Waals surface area (Å²) >= 11 is 6.01. The maximum Gasteiger partial charge on any atom is 0.127 e. The van der Waals surface area contributed by atoms with Gasteiger partial charge in [-0.2, -0.15) is 0 Å². The molecule has 2 atom stereocenters. The van der Waals surface area contributed by atoms with Crippen molar-refractivity contribution in [2.45, 2.75) is 32.4 Å². The van der Waals surface area contributed by atoms with Crippen LogP contribution in [0.5, 0.6) is 0 Å². The van der Waals surface area contributed by atoms with Crippen molar-refractivity contribution in [1.82, 2.24) is 5.32 Å². The number of likely N-dealkylation sites (N-methyl/N-ethyl adjacent to an activating group) is 1. The second kappa shape index (κ2) is 6.94. The summed E-state index contributed by atoms with van der Waals surface area (Å²) in [6, 6.07) is 4.81. The monoisotopic (exact) mass is 259 g/mol. The first-order valence-electron chi connectivity index (χ1n) is 5.79.